The molecule has 0 aromatic heterocycles. The Hall–Kier alpha value is -4.73. The van der Waals surface area contributed by atoms with Crippen molar-refractivity contribution < 1.29 is 112 Å². The average Bonchev–Trinajstić information content (AvgIpc) is 3.22. The van der Waals surface area contributed by atoms with Crippen LogP contribution in [0.3, 0.4) is 0 Å². The van der Waals surface area contributed by atoms with Gasteiger partial charge in [-0.3, -0.25) is 15.3 Å². The summed E-state index contributed by atoms with van der Waals surface area (Å²) < 4.78 is 280. The third-order valence-electron chi connectivity index (χ3n) is 10.4. The van der Waals surface area contributed by atoms with Crippen LogP contribution in [-0.4, -0.2) is 86.4 Å². The Kier molecular flexibility index (Phi) is 19.5. The molecular formula is C40H43F19N2O6Si. The summed E-state index contributed by atoms with van der Waals surface area (Å²) in [6.45, 7) is 4.10. The lowest BCUT2D eigenvalue weighted by atomic mass is 9.88. The molecule has 0 saturated heterocycles. The second-order valence-electron chi connectivity index (χ2n) is 15.5. The first-order valence-corrected chi connectivity index (χ1v) is 22.0. The lowest BCUT2D eigenvalue weighted by molar-refractivity contribution is -0.461. The molecule has 1 atom stereocenters. The van der Waals surface area contributed by atoms with Gasteiger partial charge in [-0.15, -0.1) is 0 Å². The highest BCUT2D eigenvalue weighted by molar-refractivity contribution is 6.76. The van der Waals surface area contributed by atoms with Crippen LogP contribution in [0.1, 0.15) is 65.0 Å². The number of rotatable bonds is 25. The fourth-order valence-electron chi connectivity index (χ4n) is 6.45. The number of hydroxylamine groups is 1. The van der Waals surface area contributed by atoms with Gasteiger partial charge in [-0.05, 0) is 66.2 Å². The van der Waals surface area contributed by atoms with Gasteiger partial charge in [0, 0.05) is 18.6 Å². The van der Waals surface area contributed by atoms with Gasteiger partial charge in [0.05, 0.1) is 12.3 Å². The zero-order valence-electron chi connectivity index (χ0n) is 35.7. The molecule has 0 unspecified atom stereocenters. The van der Waals surface area contributed by atoms with Crippen LogP contribution in [-0.2, 0) is 14.0 Å². The number of nitrogens with one attached hydrogen (secondary N) is 2. The number of amides is 2. The molecule has 3 N–H and O–H groups in total. The number of allylic oxidation sites excluding steroid dienone is 3. The van der Waals surface area contributed by atoms with Crippen LogP contribution in [0.2, 0.25) is 17.1 Å². The minimum absolute atomic E-state index is 0.0571. The molecule has 0 saturated carbocycles. The molecule has 0 aliphatic carbocycles. The number of hydrogen-bond donors (Lipinski definition) is 3. The van der Waals surface area contributed by atoms with E-state index in [4.69, 9.17) is 19.1 Å². The number of anilines is 1. The Morgan fingerprint density at radius 2 is 1.24 bits per heavy atom. The number of hydrogen-bond acceptors (Lipinski definition) is 6. The molecule has 0 fully saturated rings. The molecule has 0 aliphatic heterocycles. The average molecular weight is 1040 g/mol. The fourth-order valence-corrected chi connectivity index (χ4v) is 10.9. The molecule has 8 nitrogen and oxygen atoms in total. The van der Waals surface area contributed by atoms with E-state index in [1.165, 1.54) is 69.6 Å². The van der Waals surface area contributed by atoms with Gasteiger partial charge in [-0.25, -0.2) is 19.1 Å². The predicted octanol–water partition coefficient (Wildman–Crippen LogP) is 13.6. The predicted molar refractivity (Wildman–Crippen MR) is 205 cm³/mol. The van der Waals surface area contributed by atoms with Crippen molar-refractivity contribution in [3.8, 4) is 5.75 Å². The largest absolute Gasteiger partial charge is 0.491 e. The van der Waals surface area contributed by atoms with Crippen molar-refractivity contribution in [3.63, 3.8) is 0 Å². The molecule has 0 bridgehead atoms. The highest BCUT2D eigenvalue weighted by Gasteiger charge is 2.95. The summed E-state index contributed by atoms with van der Waals surface area (Å²) >= 11 is 0. The van der Waals surface area contributed by atoms with E-state index in [2.05, 4.69) is 5.32 Å². The highest BCUT2D eigenvalue weighted by Crippen LogP contribution is 2.64. The third-order valence-corrected chi connectivity index (χ3v) is 16.1. The standard InChI is InChI=1S/C40H43F19N2O6Si/c1-23(2)68(24(3)4,21-18-33(43,44)34(45,46)35(47,48)36(49,50)37(51,52)38(53,54)39(55,56)40(57,58)59)66-20-19-65-27-15-12-25(13-16-27)30(10-8-6-5-7-9-11-31(62)61-64)67-32(63)60-29-17-14-26(41)22-28(29)42/h5,7,9,11-17,22-24,30,64H,6,8,10,18-21H2,1-4H3,(H,60,63)(H,61,62)/b7-5+,11-9+/t30-/m1/s1. The summed E-state index contributed by atoms with van der Waals surface area (Å²) in [5.74, 6) is -59.8. The van der Waals surface area contributed by atoms with Crippen LogP contribution in [0.25, 0.3) is 0 Å². The molecule has 2 rings (SSSR count). The zero-order valence-corrected chi connectivity index (χ0v) is 36.7. The molecule has 28 heteroatoms. The van der Waals surface area contributed by atoms with Crippen molar-refractivity contribution in [2.75, 3.05) is 18.5 Å². The summed E-state index contributed by atoms with van der Waals surface area (Å²) in [7, 11) is -4.05. The van der Waals surface area contributed by atoms with E-state index in [0.29, 0.717) is 24.5 Å². The number of carbonyl (C=O) groups is 2. The molecule has 68 heavy (non-hydrogen) atoms. The van der Waals surface area contributed by atoms with Gasteiger partial charge >= 0.3 is 53.7 Å². The zero-order chi connectivity index (χ0) is 52.5. The number of halogens is 19. The van der Waals surface area contributed by atoms with Crippen LogP contribution in [0, 0.1) is 11.6 Å². The first-order chi connectivity index (χ1) is 30.9. The van der Waals surface area contributed by atoms with E-state index in [0.717, 1.165) is 18.2 Å². The lowest BCUT2D eigenvalue weighted by Crippen LogP contribution is -2.74. The topological polar surface area (TPSA) is 106 Å². The van der Waals surface area contributed by atoms with E-state index in [9.17, 15) is 93.0 Å². The Labute approximate surface area is 375 Å². The van der Waals surface area contributed by atoms with E-state index in [-0.39, 0.29) is 12.2 Å². The molecule has 386 valence electrons. The quantitative estimate of drug-likeness (QED) is 0.0174. The van der Waals surface area contributed by atoms with Crippen LogP contribution >= 0.6 is 0 Å². The molecule has 0 heterocycles. The summed E-state index contributed by atoms with van der Waals surface area (Å²) in [5.41, 5.74) is -0.545. The van der Waals surface area contributed by atoms with Crippen molar-refractivity contribution >= 4 is 26.0 Å². The Morgan fingerprint density at radius 3 is 1.74 bits per heavy atom. The van der Waals surface area contributed by atoms with Crippen LogP contribution in [0.15, 0.2) is 66.8 Å². The Bertz CT molecular complexity index is 2040. The second kappa shape index (κ2) is 22.3. The molecule has 2 aromatic rings. The molecule has 0 spiro atoms. The van der Waals surface area contributed by atoms with Gasteiger partial charge in [0.2, 0.25) is 0 Å². The maximum absolute atomic E-state index is 15.0. The number of ether oxygens (including phenoxy) is 2. The maximum atomic E-state index is 15.0. The summed E-state index contributed by atoms with van der Waals surface area (Å²) in [6, 6.07) is 6.42. The van der Waals surface area contributed by atoms with Crippen molar-refractivity contribution in [3.05, 3.63) is 84.0 Å². The minimum Gasteiger partial charge on any atom is -0.491 e. The number of alkyl halides is 17. The molecule has 0 aliphatic rings. The maximum Gasteiger partial charge on any atom is 0.460 e. The molecule has 2 aromatic carbocycles. The Balaban J connectivity index is 2.27. The summed E-state index contributed by atoms with van der Waals surface area (Å²) in [4.78, 5) is 23.8. The van der Waals surface area contributed by atoms with Gasteiger partial charge in [-0.2, -0.15) is 74.6 Å². The number of carbonyl (C=O) groups excluding carboxylic acids is 2. The van der Waals surface area contributed by atoms with Crippen LogP contribution in [0.5, 0.6) is 5.75 Å². The van der Waals surface area contributed by atoms with Crippen molar-refractivity contribution in [1.82, 2.24) is 5.48 Å². The molecule has 2 amide bonds. The molecular weight excluding hydrogens is 993 g/mol. The van der Waals surface area contributed by atoms with Gasteiger partial charge in [-0.1, -0.05) is 58.1 Å². The smallest absolute Gasteiger partial charge is 0.460 e. The highest BCUT2D eigenvalue weighted by atomic mass is 28.4. The van der Waals surface area contributed by atoms with E-state index >= 15 is 0 Å². The normalized spacial score (nSPS) is 14.6. The van der Waals surface area contributed by atoms with Crippen molar-refractivity contribution in [2.45, 2.75) is 124 Å². The third kappa shape index (κ3) is 12.7. The Morgan fingerprint density at radius 1 is 0.706 bits per heavy atom. The van der Waals surface area contributed by atoms with Crippen molar-refractivity contribution in [1.29, 1.82) is 0 Å². The van der Waals surface area contributed by atoms with E-state index in [1.54, 1.807) is 6.08 Å². The van der Waals surface area contributed by atoms with Crippen molar-refractivity contribution in [2.24, 2.45) is 0 Å². The van der Waals surface area contributed by atoms with Crippen LogP contribution < -0.4 is 15.5 Å². The number of benzene rings is 2. The van der Waals surface area contributed by atoms with Crippen LogP contribution in [0.4, 0.5) is 93.9 Å². The number of unbranched alkanes of at least 4 members (excludes halogenated alkanes) is 1. The second-order valence-corrected chi connectivity index (χ2v) is 20.5. The monoisotopic (exact) mass is 1040 g/mol. The fraction of sp³-hybridized carbons (Fsp3) is 0.550. The minimum atomic E-state index is -8.72. The van der Waals surface area contributed by atoms with Gasteiger partial charge < -0.3 is 13.9 Å². The van der Waals surface area contributed by atoms with E-state index in [1.807, 2.05) is 0 Å². The van der Waals surface area contributed by atoms with E-state index < -0.39 is 128 Å². The first-order valence-electron chi connectivity index (χ1n) is 19.7. The summed E-state index contributed by atoms with van der Waals surface area (Å²) in [6.07, 6.45) is -6.37. The first kappa shape index (κ1) is 59.4. The van der Waals surface area contributed by atoms with Gasteiger partial charge in [0.25, 0.3) is 5.91 Å². The summed E-state index contributed by atoms with van der Waals surface area (Å²) in [5, 5.41) is 10.7. The SMILES string of the molecule is CC(C)[Si](CCC(F)(F)C(F)(F)C(F)(F)C(F)(F)C(F)(F)C(F)(F)C(F)(F)C(F)(F)F)(OCCOc1ccc([C@@H](CCC/C=C/C=C/C(=O)NO)OC(=O)Nc2ccc(F)cc2F)cc1)C(C)C. The lowest BCUT2D eigenvalue weighted by Gasteiger charge is -2.44. The van der Waals surface area contributed by atoms with Gasteiger partial charge in [0.1, 0.15) is 30.1 Å². The molecule has 0 radical (unpaired) electrons. The van der Waals surface area contributed by atoms with Gasteiger partial charge in [0.15, 0.2) is 8.32 Å².